The Kier molecular flexibility index (Phi) is 6.92. The minimum Gasteiger partial charge on any atom is -0.379 e. The van der Waals surface area contributed by atoms with Gasteiger partial charge in [0.15, 0.2) is 0 Å². The molecule has 1 amide bonds. The smallest absolute Gasteiger partial charge is 0.280 e. The van der Waals surface area contributed by atoms with Gasteiger partial charge in [0.05, 0.1) is 0 Å². The van der Waals surface area contributed by atoms with Crippen LogP contribution in [0.1, 0.15) is 62.9 Å². The summed E-state index contributed by atoms with van der Waals surface area (Å²) in [5.74, 6) is -0.105. The van der Waals surface area contributed by atoms with E-state index in [-0.39, 0.29) is 17.4 Å². The standard InChI is InChI=1S/C13H24N4O2/c1-3-5-7-9-17(10-8-6-4-2)13(18)11-12(14)16-19-15-11/h3-10H2,1-2H3,(H2,14,16). The average Bonchev–Trinajstić information content (AvgIpc) is 2.83. The summed E-state index contributed by atoms with van der Waals surface area (Å²) in [5.41, 5.74) is 5.71. The van der Waals surface area contributed by atoms with Crippen molar-refractivity contribution in [3.05, 3.63) is 5.69 Å². The predicted octanol–water partition coefficient (Wildman–Crippen LogP) is 2.47. The van der Waals surface area contributed by atoms with Gasteiger partial charge in [-0.15, -0.1) is 0 Å². The highest BCUT2D eigenvalue weighted by Gasteiger charge is 2.22. The maximum absolute atomic E-state index is 12.3. The molecule has 0 aliphatic heterocycles. The number of nitrogens with two attached hydrogens (primary N) is 1. The zero-order chi connectivity index (χ0) is 14.1. The van der Waals surface area contributed by atoms with Gasteiger partial charge in [0.25, 0.3) is 5.91 Å². The first kappa shape index (κ1) is 15.5. The van der Waals surface area contributed by atoms with E-state index in [9.17, 15) is 4.79 Å². The minimum atomic E-state index is -0.175. The lowest BCUT2D eigenvalue weighted by molar-refractivity contribution is 0.0739. The van der Waals surface area contributed by atoms with E-state index < -0.39 is 0 Å². The number of carbonyl (C=O) groups is 1. The van der Waals surface area contributed by atoms with E-state index in [1.165, 1.54) is 0 Å². The van der Waals surface area contributed by atoms with Gasteiger partial charge in [-0.05, 0) is 23.2 Å². The van der Waals surface area contributed by atoms with Crippen LogP contribution in [-0.4, -0.2) is 34.2 Å². The monoisotopic (exact) mass is 268 g/mol. The van der Waals surface area contributed by atoms with Crippen LogP contribution in [0.25, 0.3) is 0 Å². The third kappa shape index (κ3) is 4.89. The molecule has 1 aromatic rings. The maximum Gasteiger partial charge on any atom is 0.280 e. The predicted molar refractivity (Wildman–Crippen MR) is 73.7 cm³/mol. The summed E-state index contributed by atoms with van der Waals surface area (Å²) >= 11 is 0. The van der Waals surface area contributed by atoms with Crippen molar-refractivity contribution in [1.29, 1.82) is 0 Å². The Hall–Kier alpha value is -1.59. The molecule has 1 aromatic heterocycles. The van der Waals surface area contributed by atoms with Crippen molar-refractivity contribution in [3.63, 3.8) is 0 Å². The van der Waals surface area contributed by atoms with Crippen molar-refractivity contribution >= 4 is 11.7 Å². The Labute approximate surface area is 114 Å². The molecule has 0 spiro atoms. The summed E-state index contributed by atoms with van der Waals surface area (Å²) in [6.45, 7) is 5.76. The first-order chi connectivity index (χ1) is 9.20. The lowest BCUT2D eigenvalue weighted by atomic mass is 10.2. The molecule has 0 atom stereocenters. The van der Waals surface area contributed by atoms with Gasteiger partial charge in [0.2, 0.25) is 11.5 Å². The third-order valence-corrected chi connectivity index (χ3v) is 3.07. The van der Waals surface area contributed by atoms with Gasteiger partial charge in [-0.2, -0.15) is 0 Å². The number of unbranched alkanes of at least 4 members (excludes halogenated alkanes) is 4. The van der Waals surface area contributed by atoms with Crippen LogP contribution in [0.5, 0.6) is 0 Å². The van der Waals surface area contributed by atoms with Gasteiger partial charge in [0, 0.05) is 13.1 Å². The molecule has 0 aromatic carbocycles. The number of nitrogen functional groups attached to an aromatic ring is 1. The molecule has 2 N–H and O–H groups in total. The number of carbonyl (C=O) groups excluding carboxylic acids is 1. The molecule has 0 unspecified atom stereocenters. The van der Waals surface area contributed by atoms with Crippen LogP contribution < -0.4 is 5.73 Å². The summed E-state index contributed by atoms with van der Waals surface area (Å²) in [7, 11) is 0. The number of anilines is 1. The SMILES string of the molecule is CCCCCN(CCCCC)C(=O)c1nonc1N. The van der Waals surface area contributed by atoms with Crippen LogP contribution in [0, 0.1) is 0 Å². The molecule has 19 heavy (non-hydrogen) atoms. The molecular weight excluding hydrogens is 244 g/mol. The van der Waals surface area contributed by atoms with Crippen molar-refractivity contribution in [2.24, 2.45) is 0 Å². The van der Waals surface area contributed by atoms with Crippen LogP contribution >= 0.6 is 0 Å². The second-order valence-corrected chi connectivity index (χ2v) is 4.70. The molecule has 0 fully saturated rings. The molecular formula is C13H24N4O2. The Bertz CT molecular complexity index is 368. The molecule has 0 aliphatic rings. The number of aromatic nitrogens is 2. The lowest BCUT2D eigenvalue weighted by Crippen LogP contribution is -2.33. The van der Waals surface area contributed by atoms with Gasteiger partial charge >= 0.3 is 0 Å². The number of rotatable bonds is 9. The van der Waals surface area contributed by atoms with Crippen molar-refractivity contribution in [2.45, 2.75) is 52.4 Å². The largest absolute Gasteiger partial charge is 0.379 e. The third-order valence-electron chi connectivity index (χ3n) is 3.07. The van der Waals surface area contributed by atoms with Crippen LogP contribution in [0.3, 0.4) is 0 Å². The van der Waals surface area contributed by atoms with E-state index in [1.54, 1.807) is 4.90 Å². The van der Waals surface area contributed by atoms with Gasteiger partial charge in [0.1, 0.15) is 0 Å². The first-order valence-electron chi connectivity index (χ1n) is 7.08. The summed E-state index contributed by atoms with van der Waals surface area (Å²) in [4.78, 5) is 14.1. The molecule has 0 aliphatic carbocycles. The van der Waals surface area contributed by atoms with Crippen molar-refractivity contribution in [3.8, 4) is 0 Å². The maximum atomic E-state index is 12.3. The normalized spacial score (nSPS) is 10.6. The van der Waals surface area contributed by atoms with E-state index in [2.05, 4.69) is 28.8 Å². The van der Waals surface area contributed by atoms with Gasteiger partial charge in [-0.1, -0.05) is 39.5 Å². The molecule has 6 heteroatoms. The first-order valence-corrected chi connectivity index (χ1v) is 7.08. The molecule has 1 heterocycles. The van der Waals surface area contributed by atoms with Crippen LogP contribution in [0.2, 0.25) is 0 Å². The van der Waals surface area contributed by atoms with E-state index in [0.29, 0.717) is 0 Å². The minimum absolute atomic E-state index is 0.0704. The zero-order valence-electron chi connectivity index (χ0n) is 11.9. The number of hydrogen-bond acceptors (Lipinski definition) is 5. The highest BCUT2D eigenvalue weighted by Crippen LogP contribution is 2.11. The Morgan fingerprint density at radius 2 is 1.68 bits per heavy atom. The second kappa shape index (κ2) is 8.50. The van der Waals surface area contributed by atoms with Crippen molar-refractivity contribution < 1.29 is 9.42 Å². The molecule has 1 rings (SSSR count). The molecule has 0 saturated heterocycles. The topological polar surface area (TPSA) is 85.2 Å². The van der Waals surface area contributed by atoms with Gasteiger partial charge in [-0.25, -0.2) is 4.63 Å². The molecule has 6 nitrogen and oxygen atoms in total. The average molecular weight is 268 g/mol. The molecule has 0 bridgehead atoms. The lowest BCUT2D eigenvalue weighted by Gasteiger charge is -2.21. The summed E-state index contributed by atoms with van der Waals surface area (Å²) in [5, 5.41) is 7.05. The van der Waals surface area contributed by atoms with Crippen molar-refractivity contribution in [1.82, 2.24) is 15.2 Å². The highest BCUT2D eigenvalue weighted by molar-refractivity contribution is 5.96. The second-order valence-electron chi connectivity index (χ2n) is 4.70. The molecule has 0 saturated carbocycles. The fourth-order valence-electron chi connectivity index (χ4n) is 1.91. The fourth-order valence-corrected chi connectivity index (χ4v) is 1.91. The highest BCUT2D eigenvalue weighted by atomic mass is 16.6. The Morgan fingerprint density at radius 3 is 2.11 bits per heavy atom. The zero-order valence-corrected chi connectivity index (χ0v) is 11.9. The quantitative estimate of drug-likeness (QED) is 0.695. The fraction of sp³-hybridized carbons (Fsp3) is 0.769. The van der Waals surface area contributed by atoms with Gasteiger partial charge in [-0.3, -0.25) is 4.79 Å². The molecule has 108 valence electrons. The van der Waals surface area contributed by atoms with Gasteiger partial charge < -0.3 is 10.6 Å². The van der Waals surface area contributed by atoms with Crippen molar-refractivity contribution in [2.75, 3.05) is 18.8 Å². The number of amides is 1. The summed E-state index contributed by atoms with van der Waals surface area (Å²) in [6.07, 6.45) is 6.49. The van der Waals surface area contributed by atoms with E-state index in [4.69, 9.17) is 5.73 Å². The number of hydrogen-bond donors (Lipinski definition) is 1. The van der Waals surface area contributed by atoms with Crippen LogP contribution in [-0.2, 0) is 0 Å². The van der Waals surface area contributed by atoms with E-state index >= 15 is 0 Å². The Balaban J connectivity index is 2.60. The van der Waals surface area contributed by atoms with E-state index in [1.807, 2.05) is 0 Å². The summed E-state index contributed by atoms with van der Waals surface area (Å²) in [6, 6.07) is 0. The van der Waals surface area contributed by atoms with E-state index in [0.717, 1.165) is 51.6 Å². The summed E-state index contributed by atoms with van der Waals surface area (Å²) < 4.78 is 4.50. The molecule has 0 radical (unpaired) electrons. The van der Waals surface area contributed by atoms with Crippen LogP contribution in [0.15, 0.2) is 4.63 Å². The Morgan fingerprint density at radius 1 is 1.11 bits per heavy atom. The number of nitrogens with zero attached hydrogens (tertiary/aromatic N) is 3. The van der Waals surface area contributed by atoms with Crippen LogP contribution in [0.4, 0.5) is 5.82 Å².